The molecule has 2 unspecified atom stereocenters. The standard InChI is InChI=1S/C14H22N2OS/c1-10-9-11(17-3)5-6-12(10)13(16-15)14(2)7-4-8-18-14/h5-6,9,13,16H,4,7-8,15H2,1-3H3. The third-order valence-corrected chi connectivity index (χ3v) is 5.41. The number of nitrogens with one attached hydrogen (secondary N) is 1. The number of ether oxygens (including phenoxy) is 1. The number of aryl methyl sites for hydroxylation is 1. The Kier molecular flexibility index (Phi) is 4.20. The van der Waals surface area contributed by atoms with Crippen LogP contribution in [-0.4, -0.2) is 17.6 Å². The highest BCUT2D eigenvalue weighted by atomic mass is 32.2. The third-order valence-electron chi connectivity index (χ3n) is 3.81. The normalized spacial score (nSPS) is 25.1. The smallest absolute Gasteiger partial charge is 0.119 e. The second kappa shape index (κ2) is 5.51. The summed E-state index contributed by atoms with van der Waals surface area (Å²) >= 11 is 2.02. The Morgan fingerprint density at radius 2 is 2.28 bits per heavy atom. The van der Waals surface area contributed by atoms with E-state index in [9.17, 15) is 0 Å². The van der Waals surface area contributed by atoms with Crippen molar-refractivity contribution in [1.82, 2.24) is 5.43 Å². The van der Waals surface area contributed by atoms with E-state index in [0.29, 0.717) is 0 Å². The lowest BCUT2D eigenvalue weighted by molar-refractivity contribution is 0.408. The Morgan fingerprint density at radius 1 is 1.50 bits per heavy atom. The highest BCUT2D eigenvalue weighted by Crippen LogP contribution is 2.47. The summed E-state index contributed by atoms with van der Waals surface area (Å²) in [6.07, 6.45) is 2.48. The second-order valence-electron chi connectivity index (χ2n) is 5.09. The minimum atomic E-state index is 0.189. The molecule has 3 nitrogen and oxygen atoms in total. The fourth-order valence-corrected chi connectivity index (χ4v) is 4.13. The average molecular weight is 266 g/mol. The van der Waals surface area contributed by atoms with Gasteiger partial charge in [0, 0.05) is 4.75 Å². The molecule has 0 radical (unpaired) electrons. The fraction of sp³-hybridized carbons (Fsp3) is 0.571. The van der Waals surface area contributed by atoms with Crippen molar-refractivity contribution in [2.24, 2.45) is 5.84 Å². The molecule has 2 rings (SSSR count). The molecule has 1 aromatic rings. The molecule has 0 aromatic heterocycles. The summed E-state index contributed by atoms with van der Waals surface area (Å²) in [5, 5.41) is 0. The zero-order valence-corrected chi connectivity index (χ0v) is 12.1. The summed E-state index contributed by atoms with van der Waals surface area (Å²) in [6.45, 7) is 4.42. The van der Waals surface area contributed by atoms with E-state index < -0.39 is 0 Å². The molecule has 0 spiro atoms. The number of methoxy groups -OCH3 is 1. The molecule has 1 aliphatic rings. The Bertz CT molecular complexity index is 416. The molecule has 0 aliphatic carbocycles. The molecule has 1 aromatic carbocycles. The van der Waals surface area contributed by atoms with Gasteiger partial charge in [-0.15, -0.1) is 0 Å². The first-order valence-corrected chi connectivity index (χ1v) is 7.34. The van der Waals surface area contributed by atoms with Crippen molar-refractivity contribution in [3.8, 4) is 5.75 Å². The summed E-state index contributed by atoms with van der Waals surface area (Å²) in [4.78, 5) is 0. The van der Waals surface area contributed by atoms with Crippen molar-refractivity contribution in [2.75, 3.05) is 12.9 Å². The number of rotatable bonds is 4. The maximum atomic E-state index is 5.81. The monoisotopic (exact) mass is 266 g/mol. The minimum Gasteiger partial charge on any atom is -0.497 e. The molecule has 0 amide bonds. The van der Waals surface area contributed by atoms with E-state index in [1.807, 2.05) is 17.8 Å². The zero-order chi connectivity index (χ0) is 13.2. The van der Waals surface area contributed by atoms with E-state index in [1.54, 1.807) is 7.11 Å². The molecule has 2 atom stereocenters. The van der Waals surface area contributed by atoms with Crippen LogP contribution in [0.1, 0.15) is 36.9 Å². The molecule has 100 valence electrons. The van der Waals surface area contributed by atoms with Crippen LogP contribution in [0, 0.1) is 6.92 Å². The van der Waals surface area contributed by atoms with Gasteiger partial charge in [-0.25, -0.2) is 0 Å². The van der Waals surface area contributed by atoms with Crippen LogP contribution in [0.5, 0.6) is 5.75 Å². The van der Waals surface area contributed by atoms with Gasteiger partial charge in [-0.2, -0.15) is 11.8 Å². The molecule has 4 heteroatoms. The second-order valence-corrected chi connectivity index (χ2v) is 6.72. The number of hydrogen-bond acceptors (Lipinski definition) is 4. The molecule has 1 heterocycles. The van der Waals surface area contributed by atoms with Gasteiger partial charge >= 0.3 is 0 Å². The molecule has 0 saturated carbocycles. The Labute approximate surface area is 113 Å². The molecule has 3 N–H and O–H groups in total. The van der Waals surface area contributed by atoms with Crippen molar-refractivity contribution < 1.29 is 4.74 Å². The molecular weight excluding hydrogens is 244 g/mol. The van der Waals surface area contributed by atoms with E-state index in [4.69, 9.17) is 10.6 Å². The number of nitrogens with two attached hydrogens (primary N) is 1. The van der Waals surface area contributed by atoms with Gasteiger partial charge in [0.25, 0.3) is 0 Å². The first-order chi connectivity index (χ1) is 8.60. The Balaban J connectivity index is 2.32. The van der Waals surface area contributed by atoms with Gasteiger partial charge in [0.1, 0.15) is 5.75 Å². The lowest BCUT2D eigenvalue weighted by Crippen LogP contribution is -2.41. The van der Waals surface area contributed by atoms with Crippen LogP contribution in [0.4, 0.5) is 0 Å². The summed E-state index contributed by atoms with van der Waals surface area (Å²) in [5.74, 6) is 7.94. The van der Waals surface area contributed by atoms with Crippen LogP contribution in [0.25, 0.3) is 0 Å². The fourth-order valence-electron chi connectivity index (χ4n) is 2.72. The maximum absolute atomic E-state index is 5.81. The average Bonchev–Trinajstić information content (AvgIpc) is 2.79. The molecule has 18 heavy (non-hydrogen) atoms. The molecular formula is C14H22N2OS. The molecule has 1 saturated heterocycles. The Hall–Kier alpha value is -0.710. The first-order valence-electron chi connectivity index (χ1n) is 6.35. The zero-order valence-electron chi connectivity index (χ0n) is 11.3. The lowest BCUT2D eigenvalue weighted by atomic mass is 9.88. The summed E-state index contributed by atoms with van der Waals surface area (Å²) in [6, 6.07) is 6.40. The van der Waals surface area contributed by atoms with Gasteiger partial charge in [-0.3, -0.25) is 11.3 Å². The largest absolute Gasteiger partial charge is 0.497 e. The topological polar surface area (TPSA) is 47.3 Å². The van der Waals surface area contributed by atoms with E-state index in [-0.39, 0.29) is 10.8 Å². The summed E-state index contributed by atoms with van der Waals surface area (Å²) in [7, 11) is 1.70. The number of hydrazine groups is 1. The van der Waals surface area contributed by atoms with Crippen LogP contribution in [0.3, 0.4) is 0 Å². The van der Waals surface area contributed by atoms with Gasteiger partial charge in [0.05, 0.1) is 13.2 Å². The van der Waals surface area contributed by atoms with Gasteiger partial charge in [0.2, 0.25) is 0 Å². The van der Waals surface area contributed by atoms with Crippen molar-refractivity contribution in [3.63, 3.8) is 0 Å². The van der Waals surface area contributed by atoms with Crippen LogP contribution < -0.4 is 16.0 Å². The van der Waals surface area contributed by atoms with Crippen LogP contribution in [-0.2, 0) is 0 Å². The SMILES string of the molecule is COc1ccc(C(NN)C2(C)CCCS2)c(C)c1. The molecule has 0 bridgehead atoms. The predicted octanol–water partition coefficient (Wildman–Crippen LogP) is 2.79. The molecule has 1 aliphatic heterocycles. The van der Waals surface area contributed by atoms with Crippen LogP contribution in [0.15, 0.2) is 18.2 Å². The van der Waals surface area contributed by atoms with Crippen molar-refractivity contribution in [3.05, 3.63) is 29.3 Å². The van der Waals surface area contributed by atoms with E-state index in [2.05, 4.69) is 31.4 Å². The van der Waals surface area contributed by atoms with Crippen LogP contribution in [0.2, 0.25) is 0 Å². The quantitative estimate of drug-likeness (QED) is 0.650. The van der Waals surface area contributed by atoms with E-state index in [0.717, 1.165) is 5.75 Å². The van der Waals surface area contributed by atoms with Crippen molar-refractivity contribution in [2.45, 2.75) is 37.5 Å². The first kappa shape index (κ1) is 13.7. The van der Waals surface area contributed by atoms with Crippen molar-refractivity contribution in [1.29, 1.82) is 0 Å². The van der Waals surface area contributed by atoms with Crippen LogP contribution >= 0.6 is 11.8 Å². The van der Waals surface area contributed by atoms with Gasteiger partial charge in [0.15, 0.2) is 0 Å². The van der Waals surface area contributed by atoms with Crippen molar-refractivity contribution >= 4 is 11.8 Å². The minimum absolute atomic E-state index is 0.189. The maximum Gasteiger partial charge on any atom is 0.119 e. The molecule has 1 fully saturated rings. The highest BCUT2D eigenvalue weighted by molar-refractivity contribution is 8.00. The lowest BCUT2D eigenvalue weighted by Gasteiger charge is -2.34. The van der Waals surface area contributed by atoms with Gasteiger partial charge in [-0.05, 0) is 55.7 Å². The number of benzene rings is 1. The number of hydrogen-bond donors (Lipinski definition) is 2. The summed E-state index contributed by atoms with van der Waals surface area (Å²) in [5.41, 5.74) is 5.52. The number of thioether (sulfide) groups is 1. The Morgan fingerprint density at radius 3 is 2.78 bits per heavy atom. The van der Waals surface area contributed by atoms with Gasteiger partial charge < -0.3 is 4.74 Å². The van der Waals surface area contributed by atoms with E-state index >= 15 is 0 Å². The predicted molar refractivity (Wildman–Crippen MR) is 77.9 cm³/mol. The van der Waals surface area contributed by atoms with Gasteiger partial charge in [-0.1, -0.05) is 6.07 Å². The summed E-state index contributed by atoms with van der Waals surface area (Å²) < 4.78 is 5.45. The highest BCUT2D eigenvalue weighted by Gasteiger charge is 2.38. The third kappa shape index (κ3) is 2.51. The van der Waals surface area contributed by atoms with E-state index in [1.165, 1.54) is 29.7 Å².